The molecule has 1 atom stereocenters. The molecule has 2 aromatic rings. The van der Waals surface area contributed by atoms with Gasteiger partial charge in [0.05, 0.1) is 11.7 Å². The lowest BCUT2D eigenvalue weighted by molar-refractivity contribution is 0.368. The van der Waals surface area contributed by atoms with Crippen molar-refractivity contribution in [1.29, 1.82) is 0 Å². The number of anilines is 1. The SMILES string of the molecule is CN1C=C(c2ccc(O)c(O)c2)CC1c1ccc(O)c(N)c1. The average Bonchev–Trinajstić information content (AvgIpc) is 2.87. The van der Waals surface area contributed by atoms with Gasteiger partial charge in [-0.25, -0.2) is 0 Å². The van der Waals surface area contributed by atoms with Crippen LogP contribution in [0.15, 0.2) is 42.6 Å². The van der Waals surface area contributed by atoms with Crippen molar-refractivity contribution in [1.82, 2.24) is 4.90 Å². The second kappa shape index (κ2) is 5.18. The van der Waals surface area contributed by atoms with E-state index >= 15 is 0 Å². The quantitative estimate of drug-likeness (QED) is 0.505. The minimum atomic E-state index is -0.126. The van der Waals surface area contributed by atoms with Gasteiger partial charge in [-0.1, -0.05) is 12.1 Å². The maximum absolute atomic E-state index is 9.64. The Hall–Kier alpha value is -2.82. The van der Waals surface area contributed by atoms with Gasteiger partial charge in [-0.2, -0.15) is 0 Å². The minimum Gasteiger partial charge on any atom is -0.506 e. The highest BCUT2D eigenvalue weighted by Gasteiger charge is 2.25. The molecule has 5 heteroatoms. The summed E-state index contributed by atoms with van der Waals surface area (Å²) in [5.41, 5.74) is 9.09. The maximum Gasteiger partial charge on any atom is 0.158 e. The molecule has 0 aromatic heterocycles. The van der Waals surface area contributed by atoms with Gasteiger partial charge in [0.15, 0.2) is 11.5 Å². The first-order valence-corrected chi connectivity index (χ1v) is 6.99. The van der Waals surface area contributed by atoms with Crippen LogP contribution in [0.5, 0.6) is 17.2 Å². The van der Waals surface area contributed by atoms with Crippen LogP contribution in [0, 0.1) is 0 Å². The number of hydrogen-bond acceptors (Lipinski definition) is 5. The van der Waals surface area contributed by atoms with Crippen LogP contribution in [-0.2, 0) is 0 Å². The predicted octanol–water partition coefficient (Wildman–Crippen LogP) is 2.80. The third-order valence-corrected chi connectivity index (χ3v) is 4.05. The van der Waals surface area contributed by atoms with Gasteiger partial charge in [-0.05, 0) is 47.4 Å². The largest absolute Gasteiger partial charge is 0.506 e. The summed E-state index contributed by atoms with van der Waals surface area (Å²) in [4.78, 5) is 2.07. The molecular weight excluding hydrogens is 280 g/mol. The standard InChI is InChI=1S/C17H18N2O3/c1-19-9-12(10-2-5-16(21)17(22)8-10)7-14(19)11-3-4-15(20)13(18)6-11/h2-6,8-9,14,20-22H,7,18H2,1H3. The zero-order valence-corrected chi connectivity index (χ0v) is 12.2. The van der Waals surface area contributed by atoms with E-state index < -0.39 is 0 Å². The van der Waals surface area contributed by atoms with Crippen molar-refractivity contribution in [3.8, 4) is 17.2 Å². The number of nitrogen functional groups attached to an aromatic ring is 1. The molecule has 0 aliphatic carbocycles. The number of benzene rings is 2. The summed E-state index contributed by atoms with van der Waals surface area (Å²) in [5.74, 6) is -0.169. The Kier molecular flexibility index (Phi) is 3.33. The molecule has 0 spiro atoms. The van der Waals surface area contributed by atoms with E-state index in [2.05, 4.69) is 4.90 Å². The lowest BCUT2D eigenvalue weighted by Crippen LogP contribution is -2.14. The van der Waals surface area contributed by atoms with Crippen molar-refractivity contribution in [3.05, 3.63) is 53.7 Å². The summed E-state index contributed by atoms with van der Waals surface area (Å²) in [6.07, 6.45) is 2.77. The number of nitrogens with zero attached hydrogens (tertiary/aromatic N) is 1. The van der Waals surface area contributed by atoms with Gasteiger partial charge in [-0.15, -0.1) is 0 Å². The van der Waals surface area contributed by atoms with E-state index in [1.807, 2.05) is 19.3 Å². The first-order chi connectivity index (χ1) is 10.5. The van der Waals surface area contributed by atoms with Crippen LogP contribution in [0.3, 0.4) is 0 Å². The number of hydrogen-bond donors (Lipinski definition) is 4. The van der Waals surface area contributed by atoms with Crippen LogP contribution in [0.1, 0.15) is 23.6 Å². The van der Waals surface area contributed by atoms with Crippen LogP contribution in [0.2, 0.25) is 0 Å². The fourth-order valence-corrected chi connectivity index (χ4v) is 2.79. The van der Waals surface area contributed by atoms with E-state index in [9.17, 15) is 15.3 Å². The Labute approximate surface area is 128 Å². The molecule has 1 heterocycles. The first-order valence-electron chi connectivity index (χ1n) is 6.99. The van der Waals surface area contributed by atoms with Crippen molar-refractivity contribution < 1.29 is 15.3 Å². The molecule has 0 saturated heterocycles. The van der Waals surface area contributed by atoms with Gasteiger partial charge in [-0.3, -0.25) is 0 Å². The fraction of sp³-hybridized carbons (Fsp3) is 0.176. The maximum atomic E-state index is 9.64. The summed E-state index contributed by atoms with van der Waals surface area (Å²) >= 11 is 0. The lowest BCUT2D eigenvalue weighted by atomic mass is 9.97. The number of phenols is 3. The summed E-state index contributed by atoms with van der Waals surface area (Å²) in [7, 11) is 1.97. The Bertz CT molecular complexity index is 756. The number of nitrogens with two attached hydrogens (primary N) is 1. The van der Waals surface area contributed by atoms with Gasteiger partial charge >= 0.3 is 0 Å². The van der Waals surface area contributed by atoms with E-state index in [1.165, 1.54) is 6.07 Å². The Morgan fingerprint density at radius 2 is 1.73 bits per heavy atom. The molecule has 0 radical (unpaired) electrons. The van der Waals surface area contributed by atoms with Gasteiger partial charge in [0.1, 0.15) is 5.75 Å². The molecule has 2 aromatic carbocycles. The van der Waals surface area contributed by atoms with Crippen molar-refractivity contribution in [2.24, 2.45) is 0 Å². The van der Waals surface area contributed by atoms with Crippen molar-refractivity contribution >= 4 is 11.3 Å². The molecule has 22 heavy (non-hydrogen) atoms. The third kappa shape index (κ3) is 2.41. The molecule has 1 aliphatic rings. The van der Waals surface area contributed by atoms with Gasteiger partial charge < -0.3 is 26.0 Å². The molecule has 0 saturated carbocycles. The first kappa shape index (κ1) is 14.1. The number of aromatic hydroxyl groups is 3. The highest BCUT2D eigenvalue weighted by molar-refractivity contribution is 5.70. The van der Waals surface area contributed by atoms with Crippen LogP contribution >= 0.6 is 0 Å². The molecule has 0 fully saturated rings. The topological polar surface area (TPSA) is 90.0 Å². The van der Waals surface area contributed by atoms with Crippen LogP contribution in [-0.4, -0.2) is 27.3 Å². The highest BCUT2D eigenvalue weighted by Crippen LogP contribution is 2.40. The van der Waals surface area contributed by atoms with Gasteiger partial charge in [0.25, 0.3) is 0 Å². The number of rotatable bonds is 2. The second-order valence-corrected chi connectivity index (χ2v) is 5.56. The molecule has 5 N–H and O–H groups in total. The summed E-state index contributed by atoms with van der Waals surface area (Å²) < 4.78 is 0. The monoisotopic (exact) mass is 298 g/mol. The van der Waals surface area contributed by atoms with Crippen molar-refractivity contribution in [2.75, 3.05) is 12.8 Å². The van der Waals surface area contributed by atoms with E-state index in [4.69, 9.17) is 5.73 Å². The molecular formula is C17H18N2O3. The summed E-state index contributed by atoms with van der Waals surface area (Å²) in [6, 6.07) is 10.2. The Morgan fingerprint density at radius 1 is 1.00 bits per heavy atom. The zero-order valence-electron chi connectivity index (χ0n) is 12.2. The summed E-state index contributed by atoms with van der Waals surface area (Å²) in [5, 5.41) is 28.6. The smallest absolute Gasteiger partial charge is 0.158 e. The third-order valence-electron chi connectivity index (χ3n) is 4.05. The van der Waals surface area contributed by atoms with E-state index in [1.54, 1.807) is 24.3 Å². The Balaban J connectivity index is 1.87. The second-order valence-electron chi connectivity index (χ2n) is 5.56. The molecule has 1 aliphatic heterocycles. The molecule has 0 amide bonds. The van der Waals surface area contributed by atoms with E-state index in [-0.39, 0.29) is 23.3 Å². The Morgan fingerprint density at radius 3 is 2.41 bits per heavy atom. The van der Waals surface area contributed by atoms with Crippen LogP contribution in [0.4, 0.5) is 5.69 Å². The lowest BCUT2D eigenvalue weighted by Gasteiger charge is -2.21. The predicted molar refractivity (Wildman–Crippen MR) is 85.4 cm³/mol. The molecule has 5 nitrogen and oxygen atoms in total. The average molecular weight is 298 g/mol. The highest BCUT2D eigenvalue weighted by atomic mass is 16.3. The van der Waals surface area contributed by atoms with Crippen LogP contribution < -0.4 is 5.73 Å². The van der Waals surface area contributed by atoms with Gasteiger partial charge in [0.2, 0.25) is 0 Å². The van der Waals surface area contributed by atoms with Crippen molar-refractivity contribution in [2.45, 2.75) is 12.5 Å². The summed E-state index contributed by atoms with van der Waals surface area (Å²) in [6.45, 7) is 0. The normalized spacial score (nSPS) is 17.6. The minimum absolute atomic E-state index is 0.0843. The van der Waals surface area contributed by atoms with Crippen LogP contribution in [0.25, 0.3) is 5.57 Å². The molecule has 0 bridgehead atoms. The van der Waals surface area contributed by atoms with Crippen molar-refractivity contribution in [3.63, 3.8) is 0 Å². The zero-order chi connectivity index (χ0) is 15.9. The van der Waals surface area contributed by atoms with E-state index in [0.717, 1.165) is 23.1 Å². The molecule has 114 valence electrons. The van der Waals surface area contributed by atoms with E-state index in [0.29, 0.717) is 5.69 Å². The molecule has 3 rings (SSSR count). The van der Waals surface area contributed by atoms with Gasteiger partial charge in [0, 0.05) is 13.2 Å². The molecule has 1 unspecified atom stereocenters. The fourth-order valence-electron chi connectivity index (χ4n) is 2.79. The number of phenolic OH excluding ortho intramolecular Hbond substituents is 3.